The van der Waals surface area contributed by atoms with Crippen molar-refractivity contribution in [3.05, 3.63) is 119 Å². The van der Waals surface area contributed by atoms with Gasteiger partial charge in [0.05, 0.1) is 21.2 Å². The first-order valence-corrected chi connectivity index (χ1v) is 20.5. The van der Waals surface area contributed by atoms with Gasteiger partial charge in [0.15, 0.2) is 0 Å². The maximum atomic E-state index is 2.66. The number of benzene rings is 4. The van der Waals surface area contributed by atoms with E-state index in [1.165, 1.54) is 28.7 Å². The summed E-state index contributed by atoms with van der Waals surface area (Å²) in [5.74, 6) is 0. The van der Waals surface area contributed by atoms with Crippen LogP contribution in [0.2, 0.25) is 0 Å². The maximum absolute atomic E-state index is 2.66. The van der Waals surface area contributed by atoms with E-state index in [0.717, 1.165) is 0 Å². The third-order valence-electron chi connectivity index (χ3n) is 9.61. The predicted molar refractivity (Wildman–Crippen MR) is 236 cm³/mol. The summed E-state index contributed by atoms with van der Waals surface area (Å²) in [5.41, 5.74) is 7.78. The van der Waals surface area contributed by atoms with Crippen LogP contribution in [0.4, 0.5) is 0 Å². The molecule has 0 aliphatic rings. The lowest BCUT2D eigenvalue weighted by atomic mass is 9.87. The lowest BCUT2D eigenvalue weighted by molar-refractivity contribution is 0.590. The van der Waals surface area contributed by atoms with Gasteiger partial charge in [0, 0.05) is 17.7 Å². The Morgan fingerprint density at radius 2 is 0.531 bits per heavy atom. The Labute approximate surface area is 305 Å². The Balaban J connectivity index is 1.84. The Morgan fingerprint density at radius 3 is 0.673 bits per heavy atom. The van der Waals surface area contributed by atoms with Crippen molar-refractivity contribution in [2.75, 3.05) is 0 Å². The first-order valence-electron chi connectivity index (χ1n) is 17.7. The molecule has 264 valence electrons. The zero-order chi connectivity index (χ0) is 36.8. The number of hydrogen-bond donors (Lipinski definition) is 0. The first kappa shape index (κ1) is 39.7. The zero-order valence-electron chi connectivity index (χ0n) is 32.0. The molecule has 0 fully saturated rings. The maximum Gasteiger partial charge on any atom is 0.138 e. The fourth-order valence-corrected chi connectivity index (χ4v) is 12.2. The minimum atomic E-state index is -1.48. The molecular weight excluding hydrogens is 624 g/mol. The summed E-state index contributed by atoms with van der Waals surface area (Å²) < 4.78 is 0. The highest BCUT2D eigenvalue weighted by Crippen LogP contribution is 2.63. The molecule has 0 radical (unpaired) electrons. The summed E-state index contributed by atoms with van der Waals surface area (Å²) in [6.45, 7) is 33.4. The van der Waals surface area contributed by atoms with E-state index in [0.29, 0.717) is 11.3 Å². The van der Waals surface area contributed by atoms with Gasteiger partial charge >= 0.3 is 0 Å². The van der Waals surface area contributed by atoms with E-state index in [9.17, 15) is 0 Å². The monoisotopic (exact) mass is 692 g/mol. The highest BCUT2D eigenvalue weighted by molar-refractivity contribution is 8.09. The van der Waals surface area contributed by atoms with Crippen LogP contribution in [0.15, 0.2) is 97.1 Å². The number of rotatable bonds is 8. The normalized spacial score (nSPS) is 14.9. The summed E-state index contributed by atoms with van der Waals surface area (Å²) in [7, 11) is -2.99. The third-order valence-corrected chi connectivity index (χ3v) is 15.2. The summed E-state index contributed by atoms with van der Waals surface area (Å²) in [6.07, 6.45) is 1.30. The van der Waals surface area contributed by atoms with E-state index in [-0.39, 0.29) is 36.8 Å². The summed E-state index contributed by atoms with van der Waals surface area (Å²) in [6, 6.07) is 40.0. The van der Waals surface area contributed by atoms with Crippen molar-refractivity contribution in [2.45, 2.75) is 136 Å². The van der Waals surface area contributed by atoms with Crippen molar-refractivity contribution < 1.29 is 0 Å². The highest BCUT2D eigenvalue weighted by atomic mass is 31.2. The van der Waals surface area contributed by atoms with Gasteiger partial charge in [-0.05, 0) is 106 Å². The van der Waals surface area contributed by atoms with Gasteiger partial charge in [-0.25, -0.2) is 0 Å². The van der Waals surface area contributed by atoms with E-state index in [4.69, 9.17) is 0 Å². The lowest BCUT2D eigenvalue weighted by Gasteiger charge is -2.42. The van der Waals surface area contributed by atoms with Crippen molar-refractivity contribution in [2.24, 2.45) is 0 Å². The molecule has 49 heavy (non-hydrogen) atoms. The molecule has 0 nitrogen and oxygen atoms in total. The SMILES string of the molecule is [BH3-][P+](c1ccc(C(C)(C)C)cc1)(c1ccc(C(C)(C)C)cc1)[C@@H](C)C[C@H](C)[P+]([BH3-])(c1ccc(C(C)(C)C)cc1)c1ccc(C(C)(C)C)cc1. The quantitative estimate of drug-likeness (QED) is 0.128. The highest BCUT2D eigenvalue weighted by Gasteiger charge is 2.43. The Bertz CT molecular complexity index is 1430. The van der Waals surface area contributed by atoms with E-state index >= 15 is 0 Å². The van der Waals surface area contributed by atoms with Gasteiger partial charge < -0.3 is 0 Å². The fourth-order valence-electron chi connectivity index (χ4n) is 6.51. The molecule has 0 saturated heterocycles. The van der Waals surface area contributed by atoms with Gasteiger partial charge in [-0.1, -0.05) is 146 Å². The van der Waals surface area contributed by atoms with Crippen LogP contribution in [0.3, 0.4) is 0 Å². The molecule has 0 N–H and O–H groups in total. The van der Waals surface area contributed by atoms with Crippen LogP contribution >= 0.6 is 14.3 Å². The molecule has 0 spiro atoms. The summed E-state index contributed by atoms with van der Waals surface area (Å²) in [5, 5.41) is 6.61. The Hall–Kier alpha value is -2.13. The second-order valence-electron chi connectivity index (χ2n) is 17.9. The molecule has 0 unspecified atom stereocenters. The van der Waals surface area contributed by atoms with Gasteiger partial charge in [-0.2, -0.15) is 0 Å². The van der Waals surface area contributed by atoms with E-state index in [1.54, 1.807) is 21.2 Å². The van der Waals surface area contributed by atoms with Crippen LogP contribution in [0.25, 0.3) is 0 Å². The van der Waals surface area contributed by atoms with Gasteiger partial charge in [-0.3, -0.25) is 0 Å². The minimum Gasteiger partial charge on any atom is -0.0900 e. The molecule has 4 aromatic carbocycles. The second kappa shape index (κ2) is 14.1. The molecule has 0 heterocycles. The van der Waals surface area contributed by atoms with Crippen LogP contribution < -0.4 is 21.2 Å². The molecule has 4 aromatic rings. The average Bonchev–Trinajstić information content (AvgIpc) is 3.02. The van der Waals surface area contributed by atoms with Crippen molar-refractivity contribution in [1.29, 1.82) is 0 Å². The third kappa shape index (κ3) is 8.51. The molecular formula is C45H68B2P2. The van der Waals surface area contributed by atoms with E-state index in [2.05, 4.69) is 194 Å². The van der Waals surface area contributed by atoms with Gasteiger partial charge in [0.1, 0.15) is 15.1 Å². The Kier molecular flexibility index (Phi) is 11.4. The summed E-state index contributed by atoms with van der Waals surface area (Å²) >= 11 is 0. The molecule has 0 aromatic heterocycles. The van der Waals surface area contributed by atoms with Crippen LogP contribution in [0, 0.1) is 0 Å². The van der Waals surface area contributed by atoms with Gasteiger partial charge in [-0.15, -0.1) is 0 Å². The lowest BCUT2D eigenvalue weighted by Crippen LogP contribution is -2.36. The topological polar surface area (TPSA) is 0 Å². The smallest absolute Gasteiger partial charge is 0.0900 e. The molecule has 2 atom stereocenters. The largest absolute Gasteiger partial charge is 0.138 e. The van der Waals surface area contributed by atoms with Crippen LogP contribution in [0.1, 0.15) is 126 Å². The standard InChI is InChI=1S/C45H68B2P2/c1-32(48(46,38-23-15-34(16-24-38)42(3,4)5)39-25-17-35(18-26-39)43(6,7)8)31-33(2)49(47,40-27-19-36(20-28-40)44(9,10)11)41-29-21-37(22-30-41)45(12,13)14/h15-30,32-33H,31H2,1-14,46-47H3/t32-,33-/m0/s1. The fraction of sp³-hybridized carbons (Fsp3) is 0.467. The van der Waals surface area contributed by atoms with Gasteiger partial charge in [0.2, 0.25) is 0 Å². The predicted octanol–water partition coefficient (Wildman–Crippen LogP) is 9.24. The van der Waals surface area contributed by atoms with E-state index < -0.39 is 14.3 Å². The molecule has 4 heteroatoms. The van der Waals surface area contributed by atoms with Crippen LogP contribution in [0.5, 0.6) is 0 Å². The van der Waals surface area contributed by atoms with Crippen LogP contribution in [-0.4, -0.2) is 26.4 Å². The molecule has 0 saturated carbocycles. The second-order valence-corrected chi connectivity index (χ2v) is 23.2. The van der Waals surface area contributed by atoms with E-state index in [1.807, 2.05) is 0 Å². The average molecular weight is 693 g/mol. The van der Waals surface area contributed by atoms with Crippen LogP contribution in [-0.2, 0) is 21.7 Å². The molecule has 4 rings (SSSR count). The summed E-state index contributed by atoms with van der Waals surface area (Å²) in [4.78, 5) is 0. The van der Waals surface area contributed by atoms with Crippen molar-refractivity contribution in [3.63, 3.8) is 0 Å². The van der Waals surface area contributed by atoms with Gasteiger partial charge in [0.25, 0.3) is 0 Å². The van der Waals surface area contributed by atoms with Crippen molar-refractivity contribution in [1.82, 2.24) is 0 Å². The Morgan fingerprint density at radius 1 is 0.367 bits per heavy atom. The molecule has 0 amide bonds. The minimum absolute atomic E-state index is 0.0153. The molecule has 0 aliphatic heterocycles. The zero-order valence-corrected chi connectivity index (χ0v) is 33.8. The molecule has 0 aliphatic carbocycles. The molecule has 0 bridgehead atoms. The first-order chi connectivity index (χ1) is 22.4. The van der Waals surface area contributed by atoms with Crippen molar-refractivity contribution in [3.8, 4) is 0 Å². The number of hydrogen-bond acceptors (Lipinski definition) is 0. The van der Waals surface area contributed by atoms with Crippen molar-refractivity contribution >= 4 is 50.6 Å².